The van der Waals surface area contributed by atoms with Gasteiger partial charge in [0.05, 0.1) is 12.2 Å². The average molecular weight is 321 g/mol. The Kier molecular flexibility index (Phi) is 4.41. The lowest BCUT2D eigenvalue weighted by atomic mass is 10.1. The van der Waals surface area contributed by atoms with Crippen LogP contribution in [0.4, 0.5) is 0 Å². The van der Waals surface area contributed by atoms with Crippen molar-refractivity contribution < 1.29 is 14.7 Å². The molecule has 0 bridgehead atoms. The van der Waals surface area contributed by atoms with E-state index in [2.05, 4.69) is 10.4 Å². The van der Waals surface area contributed by atoms with Gasteiger partial charge in [0.25, 0.3) is 11.5 Å². The molecule has 1 amide bonds. The number of carbonyl (C=O) groups is 2. The Hall–Kier alpha value is -2.48. The maximum Gasteiger partial charge on any atom is 0.345 e. The summed E-state index contributed by atoms with van der Waals surface area (Å²) in [7, 11) is 1.49. The van der Waals surface area contributed by atoms with Crippen LogP contribution in [0, 0.1) is 13.8 Å². The fourth-order valence-electron chi connectivity index (χ4n) is 1.96. The molecular weight excluding hydrogens is 306 g/mol. The second-order valence-corrected chi connectivity index (χ2v) is 5.94. The van der Waals surface area contributed by atoms with E-state index >= 15 is 0 Å². The quantitative estimate of drug-likeness (QED) is 0.877. The van der Waals surface area contributed by atoms with E-state index in [-0.39, 0.29) is 17.0 Å². The first-order valence-corrected chi connectivity index (χ1v) is 7.27. The largest absolute Gasteiger partial charge is 0.477 e. The number of hydrogen-bond acceptors (Lipinski definition) is 5. The number of carboxylic acid groups (broad SMARTS) is 1. The van der Waals surface area contributed by atoms with Crippen LogP contribution in [-0.2, 0) is 13.6 Å². The van der Waals surface area contributed by atoms with Crippen molar-refractivity contribution in [2.24, 2.45) is 7.05 Å². The number of rotatable bonds is 4. The lowest BCUT2D eigenvalue weighted by molar-refractivity contribution is 0.0702. The highest BCUT2D eigenvalue weighted by atomic mass is 32.1. The van der Waals surface area contributed by atoms with Crippen molar-refractivity contribution in [3.63, 3.8) is 0 Å². The van der Waals surface area contributed by atoms with Crippen molar-refractivity contribution in [2.75, 3.05) is 0 Å². The first kappa shape index (κ1) is 15.9. The monoisotopic (exact) mass is 321 g/mol. The van der Waals surface area contributed by atoms with E-state index in [1.807, 2.05) is 0 Å². The predicted octanol–water partition coefficient (Wildman–Crippen LogP) is 1.09. The molecule has 0 aliphatic rings. The summed E-state index contributed by atoms with van der Waals surface area (Å²) in [4.78, 5) is 36.0. The van der Waals surface area contributed by atoms with Crippen LogP contribution in [0.3, 0.4) is 0 Å². The number of carbonyl (C=O) groups excluding carboxylic acids is 1. The fourth-order valence-corrected chi connectivity index (χ4v) is 2.75. The summed E-state index contributed by atoms with van der Waals surface area (Å²) in [5, 5.41) is 15.5. The van der Waals surface area contributed by atoms with Gasteiger partial charge < -0.3 is 10.4 Å². The van der Waals surface area contributed by atoms with E-state index in [4.69, 9.17) is 5.11 Å². The lowest BCUT2D eigenvalue weighted by Crippen LogP contribution is -2.34. The smallest absolute Gasteiger partial charge is 0.345 e. The summed E-state index contributed by atoms with van der Waals surface area (Å²) >= 11 is 1.08. The molecule has 0 unspecified atom stereocenters. The van der Waals surface area contributed by atoms with Gasteiger partial charge in [0, 0.05) is 11.9 Å². The van der Waals surface area contributed by atoms with E-state index in [0.29, 0.717) is 16.1 Å². The third-order valence-electron chi connectivity index (χ3n) is 3.25. The minimum Gasteiger partial charge on any atom is -0.477 e. The number of thiophene rings is 1. The summed E-state index contributed by atoms with van der Waals surface area (Å²) in [6, 6.07) is 3.12. The molecule has 0 spiro atoms. The number of aromatic nitrogens is 2. The normalized spacial score (nSPS) is 10.5. The molecule has 2 N–H and O–H groups in total. The third-order valence-corrected chi connectivity index (χ3v) is 4.32. The van der Waals surface area contributed by atoms with E-state index in [1.54, 1.807) is 19.9 Å². The molecule has 0 fully saturated rings. The molecule has 22 heavy (non-hydrogen) atoms. The zero-order chi connectivity index (χ0) is 16.4. The highest BCUT2D eigenvalue weighted by Gasteiger charge is 2.18. The fraction of sp³-hybridized carbons (Fsp3) is 0.286. The lowest BCUT2D eigenvalue weighted by Gasteiger charge is -2.09. The second kappa shape index (κ2) is 6.10. The van der Waals surface area contributed by atoms with Crippen LogP contribution < -0.4 is 10.9 Å². The Morgan fingerprint density at radius 3 is 2.64 bits per heavy atom. The first-order valence-electron chi connectivity index (χ1n) is 6.46. The van der Waals surface area contributed by atoms with Crippen LogP contribution >= 0.6 is 11.3 Å². The van der Waals surface area contributed by atoms with Crippen molar-refractivity contribution in [1.29, 1.82) is 0 Å². The zero-order valence-electron chi connectivity index (χ0n) is 12.3. The first-order chi connectivity index (χ1) is 10.3. The zero-order valence-corrected chi connectivity index (χ0v) is 13.2. The number of aryl methyl sites for hydroxylation is 2. The standard InChI is InChI=1S/C14H15N3O4S/c1-7-8(2)16-17(3)13(19)11(7)12(18)15-6-9-4-5-10(22-9)14(20)21/h4-5H,6H2,1-3H3,(H,15,18)(H,20,21). The molecule has 116 valence electrons. The maximum atomic E-state index is 12.2. The SMILES string of the molecule is Cc1nn(C)c(=O)c(C(=O)NCc2ccc(C(=O)O)s2)c1C. The summed E-state index contributed by atoms with van der Waals surface area (Å²) < 4.78 is 1.13. The minimum atomic E-state index is -1.00. The number of amides is 1. The Labute approximate surface area is 130 Å². The van der Waals surface area contributed by atoms with Crippen molar-refractivity contribution >= 4 is 23.2 Å². The van der Waals surface area contributed by atoms with Gasteiger partial charge in [0.15, 0.2) is 0 Å². The highest BCUT2D eigenvalue weighted by molar-refractivity contribution is 7.13. The topological polar surface area (TPSA) is 101 Å². The van der Waals surface area contributed by atoms with Crippen LogP contribution in [0.5, 0.6) is 0 Å². The number of hydrogen-bond donors (Lipinski definition) is 2. The molecule has 0 aliphatic carbocycles. The summed E-state index contributed by atoms with van der Waals surface area (Å²) in [5.74, 6) is -1.49. The molecule has 0 aromatic carbocycles. The van der Waals surface area contributed by atoms with Gasteiger partial charge in [-0.3, -0.25) is 9.59 Å². The number of nitrogens with one attached hydrogen (secondary N) is 1. The van der Waals surface area contributed by atoms with Crippen LogP contribution in [0.2, 0.25) is 0 Å². The molecule has 2 rings (SSSR count). The van der Waals surface area contributed by atoms with Crippen LogP contribution in [-0.4, -0.2) is 26.8 Å². The summed E-state index contributed by atoms with van der Waals surface area (Å²) in [5.41, 5.74) is 0.748. The van der Waals surface area contributed by atoms with Crippen molar-refractivity contribution in [1.82, 2.24) is 15.1 Å². The molecule has 7 nitrogen and oxygen atoms in total. The van der Waals surface area contributed by atoms with Crippen molar-refractivity contribution in [3.8, 4) is 0 Å². The van der Waals surface area contributed by atoms with E-state index in [9.17, 15) is 14.4 Å². The van der Waals surface area contributed by atoms with Crippen molar-refractivity contribution in [2.45, 2.75) is 20.4 Å². The van der Waals surface area contributed by atoms with Gasteiger partial charge in [-0.1, -0.05) is 0 Å². The molecule has 2 heterocycles. The summed E-state index contributed by atoms with van der Waals surface area (Å²) in [6.07, 6.45) is 0. The van der Waals surface area contributed by atoms with E-state index in [1.165, 1.54) is 13.1 Å². The Morgan fingerprint density at radius 1 is 1.36 bits per heavy atom. The average Bonchev–Trinajstić information content (AvgIpc) is 2.92. The third kappa shape index (κ3) is 3.06. The summed E-state index contributed by atoms with van der Waals surface area (Å²) in [6.45, 7) is 3.57. The van der Waals surface area contributed by atoms with Crippen LogP contribution in [0.15, 0.2) is 16.9 Å². The van der Waals surface area contributed by atoms with E-state index in [0.717, 1.165) is 16.0 Å². The van der Waals surface area contributed by atoms with Gasteiger partial charge >= 0.3 is 5.97 Å². The molecule has 8 heteroatoms. The Morgan fingerprint density at radius 2 is 2.05 bits per heavy atom. The molecule has 0 saturated heterocycles. The molecule has 0 radical (unpaired) electrons. The Bertz CT molecular complexity index is 807. The van der Waals surface area contributed by atoms with Gasteiger partial charge in [-0.25, -0.2) is 9.48 Å². The number of carboxylic acids is 1. The van der Waals surface area contributed by atoms with Gasteiger partial charge in [-0.2, -0.15) is 5.10 Å². The maximum absolute atomic E-state index is 12.2. The second-order valence-electron chi connectivity index (χ2n) is 4.77. The molecular formula is C14H15N3O4S. The Balaban J connectivity index is 2.19. The van der Waals surface area contributed by atoms with Crippen molar-refractivity contribution in [3.05, 3.63) is 49.1 Å². The van der Waals surface area contributed by atoms with Crippen LogP contribution in [0.1, 0.15) is 36.2 Å². The van der Waals surface area contributed by atoms with E-state index < -0.39 is 17.4 Å². The predicted molar refractivity (Wildman–Crippen MR) is 81.4 cm³/mol. The van der Waals surface area contributed by atoms with Crippen LogP contribution in [0.25, 0.3) is 0 Å². The van der Waals surface area contributed by atoms with Gasteiger partial charge in [-0.15, -0.1) is 11.3 Å². The van der Waals surface area contributed by atoms with Gasteiger partial charge in [0.2, 0.25) is 0 Å². The number of nitrogens with zero attached hydrogens (tertiary/aromatic N) is 2. The molecule has 2 aromatic heterocycles. The molecule has 0 atom stereocenters. The molecule has 2 aromatic rings. The van der Waals surface area contributed by atoms with Gasteiger partial charge in [-0.05, 0) is 31.5 Å². The van der Waals surface area contributed by atoms with Gasteiger partial charge in [0.1, 0.15) is 10.4 Å². The highest BCUT2D eigenvalue weighted by Crippen LogP contribution is 2.16. The molecule has 0 saturated carbocycles. The minimum absolute atomic E-state index is 0.0602. The molecule has 0 aliphatic heterocycles. The number of aromatic carboxylic acids is 1.